The van der Waals surface area contributed by atoms with Crippen LogP contribution in [0.15, 0.2) is 0 Å². The van der Waals surface area contributed by atoms with Crippen LogP contribution in [0.5, 0.6) is 0 Å². The van der Waals surface area contributed by atoms with Gasteiger partial charge in [0.25, 0.3) is 0 Å². The minimum Gasteiger partial charge on any atom is -0.395 e. The van der Waals surface area contributed by atoms with Gasteiger partial charge in [-0.05, 0) is 6.92 Å². The molecule has 4 nitrogen and oxygen atoms in total. The van der Waals surface area contributed by atoms with Crippen molar-refractivity contribution < 1.29 is 10.2 Å². The van der Waals surface area contributed by atoms with Crippen molar-refractivity contribution in [1.29, 1.82) is 0 Å². The molecule has 1 saturated heterocycles. The van der Waals surface area contributed by atoms with E-state index in [1.54, 1.807) is 0 Å². The molecule has 1 rings (SSSR count). The van der Waals surface area contributed by atoms with Crippen molar-refractivity contribution in [3.8, 4) is 0 Å². The number of β-amino-alcohol motifs (C(OH)–C–C–N with tert-alkyl or cyclic N) is 2. The maximum absolute atomic E-state index is 9.18. The SMILES string of the molecule is C[C@@H](O)CN1CCN(CCO)CC1. The Morgan fingerprint density at radius 3 is 2.15 bits per heavy atom. The molecule has 13 heavy (non-hydrogen) atoms. The molecule has 0 amide bonds. The highest BCUT2D eigenvalue weighted by Crippen LogP contribution is 2.01. The Labute approximate surface area is 79.8 Å². The first kappa shape index (κ1) is 10.9. The van der Waals surface area contributed by atoms with Gasteiger partial charge in [0, 0.05) is 39.3 Å². The maximum atomic E-state index is 9.18. The lowest BCUT2D eigenvalue weighted by Gasteiger charge is -2.34. The summed E-state index contributed by atoms with van der Waals surface area (Å²) >= 11 is 0. The third-order valence-corrected chi connectivity index (χ3v) is 2.40. The van der Waals surface area contributed by atoms with Gasteiger partial charge in [-0.1, -0.05) is 0 Å². The number of aliphatic hydroxyl groups is 2. The summed E-state index contributed by atoms with van der Waals surface area (Å²) in [4.78, 5) is 4.51. The standard InChI is InChI=1S/C9H20N2O2/c1-9(13)8-11-4-2-10(3-5-11)6-7-12/h9,12-13H,2-8H2,1H3/t9-/m1/s1. The summed E-state index contributed by atoms with van der Waals surface area (Å²) in [5.41, 5.74) is 0. The van der Waals surface area contributed by atoms with Gasteiger partial charge >= 0.3 is 0 Å². The van der Waals surface area contributed by atoms with Crippen LogP contribution in [0.25, 0.3) is 0 Å². The fraction of sp³-hybridized carbons (Fsp3) is 1.00. The lowest BCUT2D eigenvalue weighted by Crippen LogP contribution is -2.48. The molecule has 1 fully saturated rings. The van der Waals surface area contributed by atoms with Crippen molar-refractivity contribution in [3.63, 3.8) is 0 Å². The molecule has 0 spiro atoms. The van der Waals surface area contributed by atoms with E-state index in [1.807, 2.05) is 6.92 Å². The summed E-state index contributed by atoms with van der Waals surface area (Å²) in [6.07, 6.45) is -0.232. The summed E-state index contributed by atoms with van der Waals surface area (Å²) in [6, 6.07) is 0. The Morgan fingerprint density at radius 1 is 1.15 bits per heavy atom. The number of aliphatic hydroxyl groups excluding tert-OH is 2. The first-order valence-electron chi connectivity index (χ1n) is 4.96. The predicted molar refractivity (Wildman–Crippen MR) is 51.6 cm³/mol. The second kappa shape index (κ2) is 5.54. The van der Waals surface area contributed by atoms with E-state index in [0.717, 1.165) is 39.3 Å². The van der Waals surface area contributed by atoms with Crippen molar-refractivity contribution in [2.75, 3.05) is 45.9 Å². The second-order valence-electron chi connectivity index (χ2n) is 3.71. The number of rotatable bonds is 4. The molecule has 4 heteroatoms. The molecule has 78 valence electrons. The fourth-order valence-electron chi connectivity index (χ4n) is 1.71. The predicted octanol–water partition coefficient (Wildman–Crippen LogP) is -1.02. The second-order valence-corrected chi connectivity index (χ2v) is 3.71. The molecule has 0 unspecified atom stereocenters. The van der Waals surface area contributed by atoms with Gasteiger partial charge in [0.15, 0.2) is 0 Å². The van der Waals surface area contributed by atoms with E-state index >= 15 is 0 Å². The number of nitrogens with zero attached hydrogens (tertiary/aromatic N) is 2. The largest absolute Gasteiger partial charge is 0.395 e. The number of hydrogen-bond acceptors (Lipinski definition) is 4. The first-order valence-corrected chi connectivity index (χ1v) is 4.96. The highest BCUT2D eigenvalue weighted by atomic mass is 16.3. The van der Waals surface area contributed by atoms with E-state index in [2.05, 4.69) is 9.80 Å². The van der Waals surface area contributed by atoms with E-state index < -0.39 is 0 Å². The molecule has 2 N–H and O–H groups in total. The molecule has 1 aliphatic rings. The molecule has 0 aromatic heterocycles. The van der Waals surface area contributed by atoms with Gasteiger partial charge in [-0.15, -0.1) is 0 Å². The van der Waals surface area contributed by atoms with Crippen molar-refractivity contribution >= 4 is 0 Å². The van der Waals surface area contributed by atoms with E-state index in [0.29, 0.717) is 0 Å². The van der Waals surface area contributed by atoms with Crippen LogP contribution in [0.2, 0.25) is 0 Å². The average Bonchev–Trinajstić information content (AvgIpc) is 2.08. The van der Waals surface area contributed by atoms with Crippen LogP contribution in [-0.4, -0.2) is 72.0 Å². The zero-order valence-electron chi connectivity index (χ0n) is 8.32. The molecule has 0 aromatic carbocycles. The Hall–Kier alpha value is -0.160. The lowest BCUT2D eigenvalue weighted by atomic mass is 10.3. The van der Waals surface area contributed by atoms with Crippen LogP contribution in [0, 0.1) is 0 Å². The molecule has 1 atom stereocenters. The molecule has 0 bridgehead atoms. The van der Waals surface area contributed by atoms with Crippen molar-refractivity contribution in [1.82, 2.24) is 9.80 Å². The Morgan fingerprint density at radius 2 is 1.69 bits per heavy atom. The van der Waals surface area contributed by atoms with Gasteiger partial charge in [0.1, 0.15) is 0 Å². The monoisotopic (exact) mass is 188 g/mol. The van der Waals surface area contributed by atoms with Crippen molar-refractivity contribution in [2.24, 2.45) is 0 Å². The van der Waals surface area contributed by atoms with Crippen LogP contribution in [0.3, 0.4) is 0 Å². The highest BCUT2D eigenvalue weighted by Gasteiger charge is 2.16. The Balaban J connectivity index is 2.15. The Kier molecular flexibility index (Phi) is 4.66. The van der Waals surface area contributed by atoms with Crippen LogP contribution in [0.1, 0.15) is 6.92 Å². The zero-order valence-corrected chi connectivity index (χ0v) is 8.32. The molecular weight excluding hydrogens is 168 g/mol. The molecule has 0 radical (unpaired) electrons. The van der Waals surface area contributed by atoms with Gasteiger partial charge in [0.2, 0.25) is 0 Å². The van der Waals surface area contributed by atoms with E-state index in [-0.39, 0.29) is 12.7 Å². The number of hydrogen-bond donors (Lipinski definition) is 2. The minimum atomic E-state index is -0.232. The molecular formula is C9H20N2O2. The normalized spacial score (nSPS) is 23.3. The molecule has 0 aliphatic carbocycles. The van der Waals surface area contributed by atoms with Gasteiger partial charge < -0.3 is 10.2 Å². The van der Waals surface area contributed by atoms with Gasteiger partial charge in [0.05, 0.1) is 12.7 Å². The summed E-state index contributed by atoms with van der Waals surface area (Å²) in [5.74, 6) is 0. The summed E-state index contributed by atoms with van der Waals surface area (Å²) in [5, 5.41) is 17.9. The maximum Gasteiger partial charge on any atom is 0.0639 e. The van der Waals surface area contributed by atoms with E-state index in [4.69, 9.17) is 5.11 Å². The number of piperazine rings is 1. The van der Waals surface area contributed by atoms with Gasteiger partial charge in [-0.2, -0.15) is 0 Å². The molecule has 1 heterocycles. The van der Waals surface area contributed by atoms with Crippen LogP contribution in [0.4, 0.5) is 0 Å². The zero-order chi connectivity index (χ0) is 9.68. The third kappa shape index (κ3) is 4.04. The Bertz CT molecular complexity index is 134. The highest BCUT2D eigenvalue weighted by molar-refractivity contribution is 4.72. The minimum absolute atomic E-state index is 0.232. The summed E-state index contributed by atoms with van der Waals surface area (Å²) in [6.45, 7) is 7.64. The van der Waals surface area contributed by atoms with Crippen LogP contribution >= 0.6 is 0 Å². The quantitative estimate of drug-likeness (QED) is 0.593. The summed E-state index contributed by atoms with van der Waals surface area (Å²) in [7, 11) is 0. The summed E-state index contributed by atoms with van der Waals surface area (Å²) < 4.78 is 0. The topological polar surface area (TPSA) is 46.9 Å². The fourth-order valence-corrected chi connectivity index (χ4v) is 1.71. The van der Waals surface area contributed by atoms with E-state index in [1.165, 1.54) is 0 Å². The van der Waals surface area contributed by atoms with Crippen LogP contribution < -0.4 is 0 Å². The third-order valence-electron chi connectivity index (χ3n) is 2.40. The van der Waals surface area contributed by atoms with Gasteiger partial charge in [-0.25, -0.2) is 0 Å². The molecule has 0 aromatic rings. The first-order chi connectivity index (χ1) is 6.22. The van der Waals surface area contributed by atoms with Gasteiger partial charge in [-0.3, -0.25) is 9.80 Å². The van der Waals surface area contributed by atoms with Crippen LogP contribution in [-0.2, 0) is 0 Å². The van der Waals surface area contributed by atoms with Crippen molar-refractivity contribution in [3.05, 3.63) is 0 Å². The molecule has 0 saturated carbocycles. The van der Waals surface area contributed by atoms with E-state index in [9.17, 15) is 5.11 Å². The lowest BCUT2D eigenvalue weighted by molar-refractivity contribution is 0.0732. The van der Waals surface area contributed by atoms with Crippen molar-refractivity contribution in [2.45, 2.75) is 13.0 Å². The average molecular weight is 188 g/mol. The molecule has 1 aliphatic heterocycles. The smallest absolute Gasteiger partial charge is 0.0639 e.